The zero-order chi connectivity index (χ0) is 13.9. The summed E-state index contributed by atoms with van der Waals surface area (Å²) in [7, 11) is 0. The van der Waals surface area contributed by atoms with E-state index in [4.69, 9.17) is 0 Å². The van der Waals surface area contributed by atoms with Crippen LogP contribution in [0.2, 0.25) is 0 Å². The molecule has 2 aromatic carbocycles. The Morgan fingerprint density at radius 2 is 1.90 bits per heavy atom. The topological polar surface area (TPSA) is 43.6 Å². The van der Waals surface area contributed by atoms with Crippen molar-refractivity contribution in [1.82, 2.24) is 20.2 Å². The Balaban J connectivity index is 1.82. The molecular formula is C15H13FN4. The second-order valence-electron chi connectivity index (χ2n) is 4.64. The normalized spacial score (nSPS) is 10.7. The molecule has 0 radical (unpaired) electrons. The minimum atomic E-state index is -0.277. The van der Waals surface area contributed by atoms with Crippen molar-refractivity contribution in [2.24, 2.45) is 0 Å². The van der Waals surface area contributed by atoms with Crippen LogP contribution >= 0.6 is 0 Å². The molecule has 0 bridgehead atoms. The first-order chi connectivity index (χ1) is 9.70. The van der Waals surface area contributed by atoms with Gasteiger partial charge in [-0.2, -0.15) is 4.80 Å². The Morgan fingerprint density at radius 1 is 1.10 bits per heavy atom. The summed E-state index contributed by atoms with van der Waals surface area (Å²) in [5.74, 6) is 0.221. The molecule has 0 saturated carbocycles. The van der Waals surface area contributed by atoms with Gasteiger partial charge in [-0.05, 0) is 42.0 Å². The highest BCUT2D eigenvalue weighted by molar-refractivity contribution is 5.53. The molecule has 0 unspecified atom stereocenters. The lowest BCUT2D eigenvalue weighted by Crippen LogP contribution is -2.04. The standard InChI is InChI=1S/C15H13FN4/c1-11-3-2-4-12(9-11)10-20-18-15(17-19-20)13-5-7-14(16)8-6-13/h2-9H,10H2,1H3. The van der Waals surface area contributed by atoms with Crippen molar-refractivity contribution in [2.75, 3.05) is 0 Å². The van der Waals surface area contributed by atoms with E-state index in [1.54, 1.807) is 12.1 Å². The molecule has 0 N–H and O–H groups in total. The van der Waals surface area contributed by atoms with Crippen LogP contribution in [-0.2, 0) is 6.54 Å². The Kier molecular flexibility index (Phi) is 3.25. The third kappa shape index (κ3) is 2.71. The highest BCUT2D eigenvalue weighted by atomic mass is 19.1. The molecule has 3 rings (SSSR count). The molecular weight excluding hydrogens is 255 g/mol. The maximum atomic E-state index is 12.9. The number of hydrogen-bond acceptors (Lipinski definition) is 3. The van der Waals surface area contributed by atoms with Crippen LogP contribution in [0.1, 0.15) is 11.1 Å². The summed E-state index contributed by atoms with van der Waals surface area (Å²) in [5.41, 5.74) is 3.07. The van der Waals surface area contributed by atoms with Gasteiger partial charge < -0.3 is 0 Å². The molecule has 0 atom stereocenters. The summed E-state index contributed by atoms with van der Waals surface area (Å²) in [5, 5.41) is 12.3. The molecule has 0 fully saturated rings. The lowest BCUT2D eigenvalue weighted by Gasteiger charge is -2.00. The van der Waals surface area contributed by atoms with E-state index >= 15 is 0 Å². The van der Waals surface area contributed by atoms with Crippen molar-refractivity contribution in [1.29, 1.82) is 0 Å². The summed E-state index contributed by atoms with van der Waals surface area (Å²) in [6.45, 7) is 2.61. The second-order valence-corrected chi connectivity index (χ2v) is 4.64. The van der Waals surface area contributed by atoms with Gasteiger partial charge in [0.15, 0.2) is 0 Å². The van der Waals surface area contributed by atoms with Crippen LogP contribution in [0.3, 0.4) is 0 Å². The predicted molar refractivity (Wildman–Crippen MR) is 73.5 cm³/mol. The van der Waals surface area contributed by atoms with E-state index in [-0.39, 0.29) is 5.82 Å². The summed E-state index contributed by atoms with van der Waals surface area (Å²) < 4.78 is 12.9. The largest absolute Gasteiger partial charge is 0.207 e. The maximum absolute atomic E-state index is 12.9. The van der Waals surface area contributed by atoms with Crippen molar-refractivity contribution in [3.8, 4) is 11.4 Å². The van der Waals surface area contributed by atoms with Crippen molar-refractivity contribution in [2.45, 2.75) is 13.5 Å². The summed E-state index contributed by atoms with van der Waals surface area (Å²) >= 11 is 0. The fourth-order valence-corrected chi connectivity index (χ4v) is 2.00. The summed E-state index contributed by atoms with van der Waals surface area (Å²) in [6, 6.07) is 14.2. The van der Waals surface area contributed by atoms with E-state index in [1.165, 1.54) is 22.5 Å². The molecule has 20 heavy (non-hydrogen) atoms. The van der Waals surface area contributed by atoms with Gasteiger partial charge in [-0.1, -0.05) is 29.8 Å². The number of tetrazole rings is 1. The van der Waals surface area contributed by atoms with Gasteiger partial charge in [0.1, 0.15) is 5.82 Å². The fraction of sp³-hybridized carbons (Fsp3) is 0.133. The SMILES string of the molecule is Cc1cccc(Cn2nnc(-c3ccc(F)cc3)n2)c1. The van der Waals surface area contributed by atoms with E-state index in [0.717, 1.165) is 11.1 Å². The Hall–Kier alpha value is -2.56. The van der Waals surface area contributed by atoms with Crippen molar-refractivity contribution < 1.29 is 4.39 Å². The minimum Gasteiger partial charge on any atom is -0.207 e. The second kappa shape index (κ2) is 5.21. The van der Waals surface area contributed by atoms with Crippen molar-refractivity contribution >= 4 is 0 Å². The summed E-state index contributed by atoms with van der Waals surface area (Å²) in [4.78, 5) is 1.54. The zero-order valence-corrected chi connectivity index (χ0v) is 11.0. The number of rotatable bonds is 3. The van der Waals surface area contributed by atoms with Gasteiger partial charge in [0.05, 0.1) is 6.54 Å². The molecule has 1 heterocycles. The number of hydrogen-bond donors (Lipinski definition) is 0. The number of aryl methyl sites for hydroxylation is 1. The number of halogens is 1. The van der Waals surface area contributed by atoms with Gasteiger partial charge in [-0.3, -0.25) is 0 Å². The molecule has 0 aliphatic rings. The van der Waals surface area contributed by atoms with Crippen LogP contribution in [-0.4, -0.2) is 20.2 Å². The molecule has 100 valence electrons. The lowest BCUT2D eigenvalue weighted by molar-refractivity contribution is 0.572. The van der Waals surface area contributed by atoms with Crippen LogP contribution in [0.15, 0.2) is 48.5 Å². The summed E-state index contributed by atoms with van der Waals surface area (Å²) in [6.07, 6.45) is 0. The van der Waals surface area contributed by atoms with E-state index in [2.05, 4.69) is 21.5 Å². The van der Waals surface area contributed by atoms with Gasteiger partial charge in [0.2, 0.25) is 5.82 Å². The molecule has 0 saturated heterocycles. The first-order valence-corrected chi connectivity index (χ1v) is 6.30. The van der Waals surface area contributed by atoms with Crippen LogP contribution in [0.5, 0.6) is 0 Å². The monoisotopic (exact) mass is 268 g/mol. The van der Waals surface area contributed by atoms with Gasteiger partial charge in [-0.15, -0.1) is 10.2 Å². The van der Waals surface area contributed by atoms with Gasteiger partial charge >= 0.3 is 0 Å². The lowest BCUT2D eigenvalue weighted by atomic mass is 10.1. The van der Waals surface area contributed by atoms with Crippen molar-refractivity contribution in [3.63, 3.8) is 0 Å². The van der Waals surface area contributed by atoms with Crippen LogP contribution in [0, 0.1) is 12.7 Å². The zero-order valence-electron chi connectivity index (χ0n) is 11.0. The molecule has 4 nitrogen and oxygen atoms in total. The highest BCUT2D eigenvalue weighted by Crippen LogP contribution is 2.14. The Labute approximate surface area is 115 Å². The van der Waals surface area contributed by atoms with E-state index in [1.807, 2.05) is 25.1 Å². The molecule has 1 aromatic heterocycles. The average molecular weight is 268 g/mol. The van der Waals surface area contributed by atoms with Crippen LogP contribution in [0.4, 0.5) is 4.39 Å². The molecule has 0 amide bonds. The van der Waals surface area contributed by atoms with Gasteiger partial charge in [0.25, 0.3) is 0 Å². The third-order valence-corrected chi connectivity index (χ3v) is 2.96. The molecule has 0 spiro atoms. The Morgan fingerprint density at radius 3 is 2.65 bits per heavy atom. The third-order valence-electron chi connectivity index (χ3n) is 2.96. The van der Waals surface area contributed by atoms with Crippen LogP contribution in [0.25, 0.3) is 11.4 Å². The fourth-order valence-electron chi connectivity index (χ4n) is 2.00. The minimum absolute atomic E-state index is 0.277. The molecule has 0 aliphatic heterocycles. The molecule has 3 aromatic rings. The first-order valence-electron chi connectivity index (χ1n) is 6.30. The first kappa shape index (κ1) is 12.5. The van der Waals surface area contributed by atoms with E-state index < -0.39 is 0 Å². The predicted octanol–water partition coefficient (Wildman–Crippen LogP) is 2.84. The molecule has 5 heteroatoms. The maximum Gasteiger partial charge on any atom is 0.204 e. The number of nitrogens with zero attached hydrogens (tertiary/aromatic N) is 4. The van der Waals surface area contributed by atoms with E-state index in [9.17, 15) is 4.39 Å². The Bertz CT molecular complexity index is 719. The van der Waals surface area contributed by atoms with E-state index in [0.29, 0.717) is 12.4 Å². The number of aromatic nitrogens is 4. The highest BCUT2D eigenvalue weighted by Gasteiger charge is 2.06. The molecule has 0 aliphatic carbocycles. The van der Waals surface area contributed by atoms with Gasteiger partial charge in [-0.25, -0.2) is 4.39 Å². The number of benzene rings is 2. The quantitative estimate of drug-likeness (QED) is 0.733. The van der Waals surface area contributed by atoms with Crippen molar-refractivity contribution in [3.05, 3.63) is 65.5 Å². The van der Waals surface area contributed by atoms with Gasteiger partial charge in [0, 0.05) is 5.56 Å². The average Bonchev–Trinajstić information content (AvgIpc) is 2.88. The van der Waals surface area contributed by atoms with Crippen LogP contribution < -0.4 is 0 Å². The smallest absolute Gasteiger partial charge is 0.204 e.